The summed E-state index contributed by atoms with van der Waals surface area (Å²) in [5.41, 5.74) is 4.58. The molecule has 2 heteroatoms. The highest BCUT2D eigenvalue weighted by Gasteiger charge is 2.33. The lowest BCUT2D eigenvalue weighted by molar-refractivity contribution is 0.143. The second-order valence-electron chi connectivity index (χ2n) is 5.72. The normalized spacial score (nSPS) is 27.4. The Morgan fingerprint density at radius 3 is 2.88 bits per heavy atom. The molecular formula is C15H21NO. The molecular weight excluding hydrogens is 210 g/mol. The van der Waals surface area contributed by atoms with Crippen LogP contribution in [0.5, 0.6) is 0 Å². The van der Waals surface area contributed by atoms with Crippen molar-refractivity contribution >= 4 is 0 Å². The molecule has 1 aromatic rings. The van der Waals surface area contributed by atoms with Gasteiger partial charge in [-0.3, -0.25) is 0 Å². The molecule has 1 heterocycles. The van der Waals surface area contributed by atoms with Crippen molar-refractivity contribution < 1.29 is 5.11 Å². The van der Waals surface area contributed by atoms with E-state index in [1.54, 1.807) is 5.56 Å². The third-order valence-electron chi connectivity index (χ3n) is 4.41. The summed E-state index contributed by atoms with van der Waals surface area (Å²) < 4.78 is 0. The number of fused-ring (bicyclic) bond motifs is 1. The number of nitrogens with one attached hydrogen (secondary N) is 1. The molecule has 0 saturated carbocycles. The van der Waals surface area contributed by atoms with E-state index in [4.69, 9.17) is 0 Å². The van der Waals surface area contributed by atoms with E-state index in [0.717, 1.165) is 25.9 Å². The van der Waals surface area contributed by atoms with Crippen LogP contribution in [0.4, 0.5) is 0 Å². The summed E-state index contributed by atoms with van der Waals surface area (Å²) in [5.74, 6) is 0. The third kappa shape index (κ3) is 2.12. The molecule has 2 N–H and O–H groups in total. The molecule has 1 saturated heterocycles. The molecule has 0 spiro atoms. The number of aryl methyl sites for hydroxylation is 2. The first-order valence-corrected chi connectivity index (χ1v) is 6.74. The van der Waals surface area contributed by atoms with E-state index in [9.17, 15) is 5.11 Å². The standard InChI is InChI=1S/C15H21NO/c17-11-15(6-7-16-10-15)9-12-4-5-13-2-1-3-14(13)8-12/h4-5,8,16-17H,1-3,6-7,9-11H2. The molecule has 1 aliphatic heterocycles. The van der Waals surface area contributed by atoms with E-state index < -0.39 is 0 Å². The fraction of sp³-hybridized carbons (Fsp3) is 0.600. The first kappa shape index (κ1) is 11.2. The van der Waals surface area contributed by atoms with Crippen molar-refractivity contribution in [2.75, 3.05) is 19.7 Å². The molecule has 1 aromatic carbocycles. The van der Waals surface area contributed by atoms with E-state index >= 15 is 0 Å². The van der Waals surface area contributed by atoms with Crippen LogP contribution in [0.15, 0.2) is 18.2 Å². The van der Waals surface area contributed by atoms with Crippen molar-refractivity contribution in [2.45, 2.75) is 32.1 Å². The molecule has 92 valence electrons. The Bertz CT molecular complexity index is 407. The Kier molecular flexibility index (Phi) is 2.93. The topological polar surface area (TPSA) is 32.3 Å². The van der Waals surface area contributed by atoms with Gasteiger partial charge in [-0.1, -0.05) is 18.2 Å². The van der Waals surface area contributed by atoms with Crippen LogP contribution in [0.3, 0.4) is 0 Å². The van der Waals surface area contributed by atoms with Gasteiger partial charge in [0, 0.05) is 12.0 Å². The monoisotopic (exact) mass is 231 g/mol. The minimum atomic E-state index is 0.0901. The van der Waals surface area contributed by atoms with Crippen molar-refractivity contribution in [3.05, 3.63) is 34.9 Å². The van der Waals surface area contributed by atoms with Crippen molar-refractivity contribution in [3.63, 3.8) is 0 Å². The summed E-state index contributed by atoms with van der Waals surface area (Å²) in [6.07, 6.45) is 5.92. The van der Waals surface area contributed by atoms with Gasteiger partial charge in [0.1, 0.15) is 0 Å². The number of hydrogen-bond acceptors (Lipinski definition) is 2. The van der Waals surface area contributed by atoms with E-state index in [1.807, 2.05) is 0 Å². The van der Waals surface area contributed by atoms with Gasteiger partial charge in [-0.2, -0.15) is 0 Å². The largest absolute Gasteiger partial charge is 0.396 e. The smallest absolute Gasteiger partial charge is 0.0503 e. The van der Waals surface area contributed by atoms with Crippen LogP contribution >= 0.6 is 0 Å². The summed E-state index contributed by atoms with van der Waals surface area (Å²) in [6.45, 7) is 2.31. The average Bonchev–Trinajstić information content (AvgIpc) is 2.97. The van der Waals surface area contributed by atoms with Crippen molar-refractivity contribution in [1.29, 1.82) is 0 Å². The average molecular weight is 231 g/mol. The predicted molar refractivity (Wildman–Crippen MR) is 69.2 cm³/mol. The zero-order valence-corrected chi connectivity index (χ0v) is 10.3. The van der Waals surface area contributed by atoms with Gasteiger partial charge in [-0.25, -0.2) is 0 Å². The van der Waals surface area contributed by atoms with E-state index in [0.29, 0.717) is 6.61 Å². The van der Waals surface area contributed by atoms with Crippen LogP contribution in [-0.2, 0) is 19.3 Å². The summed E-state index contributed by atoms with van der Waals surface area (Å²) in [6, 6.07) is 6.93. The maximum absolute atomic E-state index is 9.63. The van der Waals surface area contributed by atoms with Crippen LogP contribution in [-0.4, -0.2) is 24.8 Å². The van der Waals surface area contributed by atoms with Crippen LogP contribution in [0.25, 0.3) is 0 Å². The quantitative estimate of drug-likeness (QED) is 0.829. The van der Waals surface area contributed by atoms with Gasteiger partial charge in [0.05, 0.1) is 6.61 Å². The van der Waals surface area contributed by atoms with Crippen LogP contribution in [0.1, 0.15) is 29.5 Å². The van der Waals surface area contributed by atoms with Crippen molar-refractivity contribution in [2.24, 2.45) is 5.41 Å². The predicted octanol–water partition coefficient (Wildman–Crippen LogP) is 1.69. The zero-order chi connectivity index (χ0) is 11.7. The van der Waals surface area contributed by atoms with Crippen LogP contribution in [0, 0.1) is 5.41 Å². The number of hydrogen-bond donors (Lipinski definition) is 2. The Labute approximate surface area is 103 Å². The second-order valence-corrected chi connectivity index (χ2v) is 5.72. The van der Waals surface area contributed by atoms with Crippen LogP contribution in [0.2, 0.25) is 0 Å². The first-order valence-electron chi connectivity index (χ1n) is 6.74. The first-order chi connectivity index (χ1) is 8.31. The maximum atomic E-state index is 9.63. The van der Waals surface area contributed by atoms with Crippen LogP contribution < -0.4 is 5.32 Å². The molecule has 3 rings (SSSR count). The minimum Gasteiger partial charge on any atom is -0.396 e. The fourth-order valence-electron chi connectivity index (χ4n) is 3.31. The van der Waals surface area contributed by atoms with Crippen molar-refractivity contribution in [1.82, 2.24) is 5.32 Å². The van der Waals surface area contributed by atoms with E-state index in [2.05, 4.69) is 23.5 Å². The van der Waals surface area contributed by atoms with Gasteiger partial charge in [0.25, 0.3) is 0 Å². The minimum absolute atomic E-state index is 0.0901. The SMILES string of the molecule is OCC1(Cc2ccc3c(c2)CCC3)CCNC1. The Balaban J connectivity index is 1.80. The number of aliphatic hydroxyl groups is 1. The molecule has 0 bridgehead atoms. The highest BCUT2D eigenvalue weighted by atomic mass is 16.3. The van der Waals surface area contributed by atoms with Gasteiger partial charge in [-0.05, 0) is 55.3 Å². The lowest BCUT2D eigenvalue weighted by Crippen LogP contribution is -2.30. The van der Waals surface area contributed by atoms with Gasteiger partial charge >= 0.3 is 0 Å². The molecule has 1 unspecified atom stereocenters. The molecule has 17 heavy (non-hydrogen) atoms. The third-order valence-corrected chi connectivity index (χ3v) is 4.41. The molecule has 1 atom stereocenters. The Morgan fingerprint density at radius 2 is 2.12 bits per heavy atom. The molecule has 2 nitrogen and oxygen atoms in total. The Morgan fingerprint density at radius 1 is 1.24 bits per heavy atom. The lowest BCUT2D eigenvalue weighted by atomic mass is 9.81. The summed E-state index contributed by atoms with van der Waals surface area (Å²) in [7, 11) is 0. The molecule has 0 radical (unpaired) electrons. The number of aliphatic hydroxyl groups excluding tert-OH is 1. The number of rotatable bonds is 3. The number of benzene rings is 1. The second kappa shape index (κ2) is 4.43. The highest BCUT2D eigenvalue weighted by molar-refractivity contribution is 5.35. The molecule has 1 aliphatic carbocycles. The van der Waals surface area contributed by atoms with Gasteiger partial charge in [0.15, 0.2) is 0 Å². The lowest BCUT2D eigenvalue weighted by Gasteiger charge is -2.25. The Hall–Kier alpha value is -0.860. The fourth-order valence-corrected chi connectivity index (χ4v) is 3.31. The molecule has 2 aliphatic rings. The summed E-state index contributed by atoms with van der Waals surface area (Å²) >= 11 is 0. The highest BCUT2D eigenvalue weighted by Crippen LogP contribution is 2.31. The van der Waals surface area contributed by atoms with Gasteiger partial charge in [0.2, 0.25) is 0 Å². The van der Waals surface area contributed by atoms with Crippen molar-refractivity contribution in [3.8, 4) is 0 Å². The van der Waals surface area contributed by atoms with Gasteiger partial charge < -0.3 is 10.4 Å². The zero-order valence-electron chi connectivity index (χ0n) is 10.3. The van der Waals surface area contributed by atoms with E-state index in [-0.39, 0.29) is 5.41 Å². The molecule has 0 aromatic heterocycles. The molecule has 1 fully saturated rings. The summed E-state index contributed by atoms with van der Waals surface area (Å²) in [5, 5.41) is 13.0. The molecule has 0 amide bonds. The van der Waals surface area contributed by atoms with E-state index in [1.165, 1.54) is 30.4 Å². The van der Waals surface area contributed by atoms with Gasteiger partial charge in [-0.15, -0.1) is 0 Å². The maximum Gasteiger partial charge on any atom is 0.0503 e. The summed E-state index contributed by atoms with van der Waals surface area (Å²) in [4.78, 5) is 0.